The molecule has 112 valence electrons. The Balaban J connectivity index is 1.77. The lowest BCUT2D eigenvalue weighted by atomic mass is 10.0. The van der Waals surface area contributed by atoms with Gasteiger partial charge in [-0.15, -0.1) is 0 Å². The number of aryl methyl sites for hydroxylation is 1. The van der Waals surface area contributed by atoms with Gasteiger partial charge in [0.1, 0.15) is 5.69 Å². The molecule has 0 aliphatic rings. The second-order valence-corrected chi connectivity index (χ2v) is 5.65. The van der Waals surface area contributed by atoms with Gasteiger partial charge in [-0.25, -0.2) is 9.37 Å². The predicted molar refractivity (Wildman–Crippen MR) is 91.7 cm³/mol. The minimum atomic E-state index is -0.313. The van der Waals surface area contributed by atoms with Crippen LogP contribution in [0.2, 0.25) is 0 Å². The molecule has 1 N–H and O–H groups in total. The summed E-state index contributed by atoms with van der Waals surface area (Å²) in [5.74, 6) is -0.313. The molecule has 4 aromatic rings. The minimum Gasteiger partial charge on any atom is -0.357 e. The van der Waals surface area contributed by atoms with E-state index in [1.54, 1.807) is 0 Å². The van der Waals surface area contributed by atoms with Crippen molar-refractivity contribution in [2.24, 2.45) is 0 Å². The van der Waals surface area contributed by atoms with Crippen LogP contribution in [0.15, 0.2) is 66.7 Å². The highest BCUT2D eigenvalue weighted by atomic mass is 19.1. The molecule has 3 heteroatoms. The summed E-state index contributed by atoms with van der Waals surface area (Å²) in [7, 11) is 0. The van der Waals surface area contributed by atoms with Gasteiger partial charge in [0.2, 0.25) is 0 Å². The molecule has 2 heterocycles. The highest BCUT2D eigenvalue weighted by Crippen LogP contribution is 2.27. The fraction of sp³-hybridized carbons (Fsp3) is 0.0500. The average Bonchev–Trinajstić information content (AvgIpc) is 2.94. The highest BCUT2D eigenvalue weighted by molar-refractivity contribution is 5.80. The van der Waals surface area contributed by atoms with Crippen LogP contribution in [0.25, 0.3) is 33.4 Å². The van der Waals surface area contributed by atoms with Crippen LogP contribution >= 0.6 is 0 Å². The fourth-order valence-corrected chi connectivity index (χ4v) is 2.82. The van der Waals surface area contributed by atoms with E-state index >= 15 is 0 Å². The number of nitrogens with one attached hydrogen (secondary N) is 1. The molecule has 0 amide bonds. The van der Waals surface area contributed by atoms with Crippen molar-refractivity contribution in [1.82, 2.24) is 9.97 Å². The van der Waals surface area contributed by atoms with Gasteiger partial charge in [-0.05, 0) is 24.1 Å². The maximum Gasteiger partial charge on any atom is 0.151 e. The number of hydrogen-bond acceptors (Lipinski definition) is 1. The van der Waals surface area contributed by atoms with Gasteiger partial charge in [-0.2, -0.15) is 0 Å². The Morgan fingerprint density at radius 2 is 1.48 bits per heavy atom. The standard InChI is InChI=1S/C20H15FN2/c1-13-11-18-19(22-13)12-17(21)20(23-18)16-9-7-15(8-10-16)14-5-3-2-4-6-14/h2-12,22H,1H3. The molecule has 23 heavy (non-hydrogen) atoms. The Hall–Kier alpha value is -2.94. The zero-order valence-electron chi connectivity index (χ0n) is 12.7. The normalized spacial score (nSPS) is 11.0. The van der Waals surface area contributed by atoms with Crippen LogP contribution in [0.1, 0.15) is 5.69 Å². The third-order valence-electron chi connectivity index (χ3n) is 3.96. The molecule has 0 unspecified atom stereocenters. The van der Waals surface area contributed by atoms with Crippen LogP contribution < -0.4 is 0 Å². The maximum absolute atomic E-state index is 14.4. The summed E-state index contributed by atoms with van der Waals surface area (Å²) in [6, 6.07) is 21.4. The molecule has 0 atom stereocenters. The predicted octanol–water partition coefficient (Wildman–Crippen LogP) is 5.34. The van der Waals surface area contributed by atoms with Gasteiger partial charge in [0.05, 0.1) is 11.0 Å². The number of rotatable bonds is 2. The van der Waals surface area contributed by atoms with Crippen molar-refractivity contribution in [3.8, 4) is 22.4 Å². The summed E-state index contributed by atoms with van der Waals surface area (Å²) in [6.07, 6.45) is 0. The first kappa shape index (κ1) is 13.7. The molecule has 0 fully saturated rings. The molecule has 0 aliphatic heterocycles. The second-order valence-electron chi connectivity index (χ2n) is 5.65. The number of aromatic amines is 1. The lowest BCUT2D eigenvalue weighted by Crippen LogP contribution is -1.90. The molecule has 0 radical (unpaired) electrons. The van der Waals surface area contributed by atoms with Crippen LogP contribution in [0.5, 0.6) is 0 Å². The van der Waals surface area contributed by atoms with Crippen LogP contribution in [0.3, 0.4) is 0 Å². The number of benzene rings is 2. The summed E-state index contributed by atoms with van der Waals surface area (Å²) in [5, 5.41) is 0. The lowest BCUT2D eigenvalue weighted by molar-refractivity contribution is 0.628. The monoisotopic (exact) mass is 302 g/mol. The van der Waals surface area contributed by atoms with Crippen molar-refractivity contribution < 1.29 is 4.39 Å². The molecule has 2 aromatic carbocycles. The van der Waals surface area contributed by atoms with Gasteiger partial charge >= 0.3 is 0 Å². The number of fused-ring (bicyclic) bond motifs is 1. The molecule has 2 aromatic heterocycles. The largest absolute Gasteiger partial charge is 0.357 e. The fourth-order valence-electron chi connectivity index (χ4n) is 2.82. The Bertz CT molecular complexity index is 970. The van der Waals surface area contributed by atoms with E-state index in [4.69, 9.17) is 0 Å². The van der Waals surface area contributed by atoms with Gasteiger partial charge in [-0.1, -0.05) is 54.6 Å². The van der Waals surface area contributed by atoms with Crippen molar-refractivity contribution in [1.29, 1.82) is 0 Å². The molecule has 0 spiro atoms. The van der Waals surface area contributed by atoms with Gasteiger partial charge in [-0.3, -0.25) is 0 Å². The van der Waals surface area contributed by atoms with E-state index in [0.29, 0.717) is 5.69 Å². The molecule has 0 saturated carbocycles. The Morgan fingerprint density at radius 3 is 2.22 bits per heavy atom. The van der Waals surface area contributed by atoms with Crippen molar-refractivity contribution in [2.45, 2.75) is 6.92 Å². The lowest BCUT2D eigenvalue weighted by Gasteiger charge is -2.06. The van der Waals surface area contributed by atoms with Gasteiger partial charge in [0, 0.05) is 17.3 Å². The van der Waals surface area contributed by atoms with E-state index in [1.807, 2.05) is 55.5 Å². The zero-order chi connectivity index (χ0) is 15.8. The third kappa shape index (κ3) is 2.50. The quantitative estimate of drug-likeness (QED) is 0.531. The van der Waals surface area contributed by atoms with Crippen molar-refractivity contribution in [3.63, 3.8) is 0 Å². The van der Waals surface area contributed by atoms with Crippen molar-refractivity contribution >= 4 is 11.0 Å². The minimum absolute atomic E-state index is 0.313. The number of halogens is 1. The summed E-state index contributed by atoms with van der Waals surface area (Å²) in [5.41, 5.74) is 5.90. The molecular weight excluding hydrogens is 287 g/mol. The topological polar surface area (TPSA) is 28.7 Å². The Morgan fingerprint density at radius 1 is 0.826 bits per heavy atom. The molecule has 0 bridgehead atoms. The molecule has 2 nitrogen and oxygen atoms in total. The van der Waals surface area contributed by atoms with E-state index in [-0.39, 0.29) is 5.82 Å². The summed E-state index contributed by atoms with van der Waals surface area (Å²) >= 11 is 0. The van der Waals surface area contributed by atoms with Gasteiger partial charge in [0.25, 0.3) is 0 Å². The molecule has 0 aliphatic carbocycles. The number of aromatic nitrogens is 2. The number of hydrogen-bond donors (Lipinski definition) is 1. The van der Waals surface area contributed by atoms with Gasteiger partial charge < -0.3 is 4.98 Å². The molecule has 4 rings (SSSR count). The van der Waals surface area contributed by atoms with E-state index in [0.717, 1.165) is 33.4 Å². The summed E-state index contributed by atoms with van der Waals surface area (Å²) in [6.45, 7) is 1.94. The second kappa shape index (κ2) is 5.36. The van der Waals surface area contributed by atoms with Crippen LogP contribution in [0.4, 0.5) is 4.39 Å². The van der Waals surface area contributed by atoms with Crippen LogP contribution in [0, 0.1) is 12.7 Å². The first-order chi connectivity index (χ1) is 11.2. The molecule has 0 saturated heterocycles. The highest BCUT2D eigenvalue weighted by Gasteiger charge is 2.10. The van der Waals surface area contributed by atoms with E-state index < -0.39 is 0 Å². The summed E-state index contributed by atoms with van der Waals surface area (Å²) in [4.78, 5) is 7.57. The van der Waals surface area contributed by atoms with Crippen molar-refractivity contribution in [2.75, 3.05) is 0 Å². The molecular formula is C20H15FN2. The smallest absolute Gasteiger partial charge is 0.151 e. The first-order valence-corrected chi connectivity index (χ1v) is 7.52. The van der Waals surface area contributed by atoms with Crippen LogP contribution in [-0.2, 0) is 0 Å². The van der Waals surface area contributed by atoms with Crippen LogP contribution in [-0.4, -0.2) is 9.97 Å². The SMILES string of the molecule is Cc1cc2nc(-c3ccc(-c4ccccc4)cc3)c(F)cc2[nH]1. The summed E-state index contributed by atoms with van der Waals surface area (Å²) < 4.78 is 14.4. The Kier molecular flexibility index (Phi) is 3.19. The number of nitrogens with zero attached hydrogens (tertiary/aromatic N) is 1. The van der Waals surface area contributed by atoms with E-state index in [9.17, 15) is 4.39 Å². The van der Waals surface area contributed by atoms with E-state index in [1.165, 1.54) is 6.07 Å². The zero-order valence-corrected chi connectivity index (χ0v) is 12.7. The Labute approximate surface area is 133 Å². The number of H-pyrrole nitrogens is 1. The first-order valence-electron chi connectivity index (χ1n) is 7.52. The maximum atomic E-state index is 14.4. The third-order valence-corrected chi connectivity index (χ3v) is 3.96. The van der Waals surface area contributed by atoms with Crippen molar-refractivity contribution in [3.05, 3.63) is 78.2 Å². The van der Waals surface area contributed by atoms with E-state index in [2.05, 4.69) is 22.1 Å². The van der Waals surface area contributed by atoms with Gasteiger partial charge in [0.15, 0.2) is 5.82 Å². The number of pyridine rings is 1. The average molecular weight is 302 g/mol.